The first-order valence-electron chi connectivity index (χ1n) is 7.21. The summed E-state index contributed by atoms with van der Waals surface area (Å²) in [6.45, 7) is 11.5. The maximum atomic E-state index is 12.2. The molecule has 0 aromatic carbocycles. The van der Waals surface area contributed by atoms with Gasteiger partial charge in [-0.3, -0.25) is 9.59 Å². The van der Waals surface area contributed by atoms with Crippen molar-refractivity contribution < 1.29 is 14.7 Å². The minimum absolute atomic E-state index is 0.0295. The van der Waals surface area contributed by atoms with Crippen LogP contribution in [0.25, 0.3) is 0 Å². The highest BCUT2D eigenvalue weighted by molar-refractivity contribution is 5.85. The second-order valence-corrected chi connectivity index (χ2v) is 5.94. The number of carbonyl (C=O) groups is 2. The van der Waals surface area contributed by atoms with Crippen molar-refractivity contribution in [1.82, 2.24) is 5.32 Å². The lowest BCUT2D eigenvalue weighted by molar-refractivity contribution is -0.154. The fourth-order valence-corrected chi connectivity index (χ4v) is 2.22. The van der Waals surface area contributed by atoms with Crippen molar-refractivity contribution in [2.24, 2.45) is 11.3 Å². The molecule has 0 saturated heterocycles. The number of rotatable bonds is 8. The minimum Gasteiger partial charge on any atom is -0.481 e. The standard InChI is InChI=1S/C15H29NO3/c1-7-15(8-2,9-3)16-12(17)10-14(6,11(4)5)13(18)19/h11H,7-10H2,1-6H3,(H,16,17)(H,18,19). The molecular formula is C15H29NO3. The highest BCUT2D eigenvalue weighted by Gasteiger charge is 2.40. The van der Waals surface area contributed by atoms with E-state index in [1.807, 2.05) is 34.6 Å². The largest absolute Gasteiger partial charge is 0.481 e. The van der Waals surface area contributed by atoms with Crippen LogP contribution in [-0.2, 0) is 9.59 Å². The topological polar surface area (TPSA) is 66.4 Å². The molecule has 1 atom stereocenters. The third-order valence-corrected chi connectivity index (χ3v) is 4.73. The molecule has 2 N–H and O–H groups in total. The summed E-state index contributed by atoms with van der Waals surface area (Å²) in [4.78, 5) is 23.6. The van der Waals surface area contributed by atoms with E-state index in [2.05, 4.69) is 5.32 Å². The molecule has 4 heteroatoms. The molecule has 19 heavy (non-hydrogen) atoms. The molecule has 0 aromatic rings. The molecule has 0 rings (SSSR count). The van der Waals surface area contributed by atoms with Gasteiger partial charge in [-0.05, 0) is 32.1 Å². The average Bonchev–Trinajstić information content (AvgIpc) is 2.35. The number of hydrogen-bond donors (Lipinski definition) is 2. The van der Waals surface area contributed by atoms with Gasteiger partial charge in [0.2, 0.25) is 5.91 Å². The van der Waals surface area contributed by atoms with Crippen LogP contribution < -0.4 is 5.32 Å². The second-order valence-electron chi connectivity index (χ2n) is 5.94. The number of nitrogens with one attached hydrogen (secondary N) is 1. The molecule has 0 bridgehead atoms. The Labute approximate surface area is 117 Å². The first-order valence-corrected chi connectivity index (χ1v) is 7.21. The monoisotopic (exact) mass is 271 g/mol. The van der Waals surface area contributed by atoms with E-state index < -0.39 is 11.4 Å². The highest BCUT2D eigenvalue weighted by Crippen LogP contribution is 2.32. The molecule has 0 aliphatic carbocycles. The number of hydrogen-bond acceptors (Lipinski definition) is 2. The predicted octanol–water partition coefficient (Wildman–Crippen LogP) is 3.21. The lowest BCUT2D eigenvalue weighted by atomic mass is 9.76. The summed E-state index contributed by atoms with van der Waals surface area (Å²) in [5.74, 6) is -1.16. The average molecular weight is 271 g/mol. The Morgan fingerprint density at radius 2 is 1.53 bits per heavy atom. The molecule has 1 amide bonds. The maximum Gasteiger partial charge on any atom is 0.310 e. The van der Waals surface area contributed by atoms with E-state index in [9.17, 15) is 14.7 Å². The van der Waals surface area contributed by atoms with Crippen molar-refractivity contribution in [2.45, 2.75) is 72.8 Å². The maximum absolute atomic E-state index is 12.2. The minimum atomic E-state index is -1.01. The first-order chi connectivity index (χ1) is 8.67. The Bertz CT molecular complexity index is 313. The molecule has 0 radical (unpaired) electrons. The van der Waals surface area contributed by atoms with E-state index in [-0.39, 0.29) is 23.8 Å². The number of carbonyl (C=O) groups excluding carboxylic acids is 1. The first kappa shape index (κ1) is 17.9. The molecule has 112 valence electrons. The van der Waals surface area contributed by atoms with Crippen molar-refractivity contribution >= 4 is 11.9 Å². The zero-order valence-corrected chi connectivity index (χ0v) is 13.2. The van der Waals surface area contributed by atoms with Crippen molar-refractivity contribution in [1.29, 1.82) is 0 Å². The van der Waals surface area contributed by atoms with Gasteiger partial charge in [0.05, 0.1) is 5.41 Å². The van der Waals surface area contributed by atoms with E-state index in [1.54, 1.807) is 6.92 Å². The van der Waals surface area contributed by atoms with Gasteiger partial charge >= 0.3 is 5.97 Å². The summed E-state index contributed by atoms with van der Waals surface area (Å²) in [6, 6.07) is 0. The van der Waals surface area contributed by atoms with Gasteiger partial charge in [0.25, 0.3) is 0 Å². The zero-order valence-electron chi connectivity index (χ0n) is 13.2. The quantitative estimate of drug-likeness (QED) is 0.712. The Hall–Kier alpha value is -1.06. The SMILES string of the molecule is CCC(CC)(CC)NC(=O)CC(C)(C(=O)O)C(C)C. The van der Waals surface area contributed by atoms with Crippen LogP contribution in [0.2, 0.25) is 0 Å². The number of carboxylic acids is 1. The fraction of sp³-hybridized carbons (Fsp3) is 0.867. The highest BCUT2D eigenvalue weighted by atomic mass is 16.4. The third-order valence-electron chi connectivity index (χ3n) is 4.73. The number of aliphatic carboxylic acids is 1. The molecule has 1 unspecified atom stereocenters. The van der Waals surface area contributed by atoms with E-state index in [1.165, 1.54) is 0 Å². The molecule has 0 fully saturated rings. The smallest absolute Gasteiger partial charge is 0.310 e. The molecule has 0 heterocycles. The van der Waals surface area contributed by atoms with Gasteiger partial charge in [-0.15, -0.1) is 0 Å². The van der Waals surface area contributed by atoms with E-state index in [4.69, 9.17) is 0 Å². The van der Waals surface area contributed by atoms with Crippen LogP contribution in [0.5, 0.6) is 0 Å². The summed E-state index contributed by atoms with van der Waals surface area (Å²) in [5, 5.41) is 12.4. The summed E-state index contributed by atoms with van der Waals surface area (Å²) in [5.41, 5.74) is -1.21. The molecule has 0 aliphatic rings. The molecule has 4 nitrogen and oxygen atoms in total. The van der Waals surface area contributed by atoms with Gasteiger partial charge in [-0.1, -0.05) is 34.6 Å². The summed E-state index contributed by atoms with van der Waals surface area (Å²) >= 11 is 0. The van der Waals surface area contributed by atoms with Gasteiger partial charge in [0.1, 0.15) is 0 Å². The Morgan fingerprint density at radius 3 is 1.79 bits per heavy atom. The molecule has 0 aromatic heterocycles. The Morgan fingerprint density at radius 1 is 1.11 bits per heavy atom. The van der Waals surface area contributed by atoms with Gasteiger partial charge in [0, 0.05) is 12.0 Å². The van der Waals surface area contributed by atoms with Crippen LogP contribution in [0.4, 0.5) is 0 Å². The van der Waals surface area contributed by atoms with Crippen LogP contribution in [-0.4, -0.2) is 22.5 Å². The normalized spacial score (nSPS) is 15.1. The van der Waals surface area contributed by atoms with Gasteiger partial charge < -0.3 is 10.4 Å². The third kappa shape index (κ3) is 4.22. The van der Waals surface area contributed by atoms with Crippen molar-refractivity contribution in [3.8, 4) is 0 Å². The molecule has 0 aliphatic heterocycles. The van der Waals surface area contributed by atoms with Crippen molar-refractivity contribution in [2.75, 3.05) is 0 Å². The van der Waals surface area contributed by atoms with Crippen LogP contribution in [0, 0.1) is 11.3 Å². The molecule has 0 spiro atoms. The summed E-state index contributed by atoms with van der Waals surface area (Å²) in [6.07, 6.45) is 2.60. The van der Waals surface area contributed by atoms with Crippen molar-refractivity contribution in [3.63, 3.8) is 0 Å². The summed E-state index contributed by atoms with van der Waals surface area (Å²) in [7, 11) is 0. The predicted molar refractivity (Wildman–Crippen MR) is 76.9 cm³/mol. The van der Waals surface area contributed by atoms with Gasteiger partial charge in [-0.2, -0.15) is 0 Å². The van der Waals surface area contributed by atoms with E-state index in [0.717, 1.165) is 19.3 Å². The van der Waals surface area contributed by atoms with Crippen LogP contribution in [0.1, 0.15) is 67.2 Å². The van der Waals surface area contributed by atoms with Crippen LogP contribution in [0.15, 0.2) is 0 Å². The van der Waals surface area contributed by atoms with E-state index >= 15 is 0 Å². The zero-order chi connectivity index (χ0) is 15.3. The lowest BCUT2D eigenvalue weighted by Crippen LogP contribution is -2.49. The number of carboxylic acid groups (broad SMARTS) is 1. The second kappa shape index (κ2) is 6.92. The fourth-order valence-electron chi connectivity index (χ4n) is 2.22. The van der Waals surface area contributed by atoms with Crippen LogP contribution in [0.3, 0.4) is 0 Å². The number of amides is 1. The van der Waals surface area contributed by atoms with Crippen LogP contribution >= 0.6 is 0 Å². The Balaban J connectivity index is 4.91. The molecule has 0 saturated carbocycles. The van der Waals surface area contributed by atoms with E-state index in [0.29, 0.717) is 0 Å². The molecular weight excluding hydrogens is 242 g/mol. The van der Waals surface area contributed by atoms with Gasteiger partial charge in [0.15, 0.2) is 0 Å². The lowest BCUT2D eigenvalue weighted by Gasteiger charge is -2.34. The Kier molecular flexibility index (Phi) is 6.53. The van der Waals surface area contributed by atoms with Gasteiger partial charge in [-0.25, -0.2) is 0 Å². The summed E-state index contributed by atoms with van der Waals surface area (Å²) < 4.78 is 0. The van der Waals surface area contributed by atoms with Crippen molar-refractivity contribution in [3.05, 3.63) is 0 Å².